The molecule has 2 heterocycles. The quantitative estimate of drug-likeness (QED) is 0.287. The van der Waals surface area contributed by atoms with Crippen LogP contribution in [0.2, 0.25) is 0 Å². The Morgan fingerprint density at radius 2 is 1.94 bits per heavy atom. The minimum absolute atomic E-state index is 0.175. The zero-order chi connectivity index (χ0) is 21.8. The third kappa shape index (κ3) is 4.64. The fraction of sp³-hybridized carbons (Fsp3) is 0.136. The number of hydrogen-bond acceptors (Lipinski definition) is 8. The summed E-state index contributed by atoms with van der Waals surface area (Å²) in [5.74, 6) is -0.167. The lowest BCUT2D eigenvalue weighted by atomic mass is 10.0. The summed E-state index contributed by atoms with van der Waals surface area (Å²) in [4.78, 5) is 20.5. The molecule has 0 aliphatic heterocycles. The highest BCUT2D eigenvalue weighted by Crippen LogP contribution is 2.29. The van der Waals surface area contributed by atoms with Crippen molar-refractivity contribution in [1.82, 2.24) is 9.97 Å². The average molecular weight is 436 g/mol. The molecule has 4 aromatic rings. The number of thiazole rings is 1. The summed E-state index contributed by atoms with van der Waals surface area (Å²) in [6, 6.07) is 15.9. The maximum Gasteiger partial charge on any atom is 0.252 e. The van der Waals surface area contributed by atoms with Gasteiger partial charge < -0.3 is 26.6 Å². The summed E-state index contributed by atoms with van der Waals surface area (Å²) >= 11 is 1.54. The summed E-state index contributed by atoms with van der Waals surface area (Å²) in [7, 11) is 0. The predicted octanol–water partition coefficient (Wildman–Crippen LogP) is 3.04. The first-order chi connectivity index (χ1) is 15.0. The van der Waals surface area contributed by atoms with Crippen molar-refractivity contribution >= 4 is 44.7 Å². The molecule has 4 rings (SSSR count). The number of fused-ring (bicyclic) bond motifs is 1. The highest BCUT2D eigenvalue weighted by Gasteiger charge is 2.23. The van der Waals surface area contributed by atoms with E-state index in [4.69, 9.17) is 5.73 Å². The number of aromatic nitrogens is 2. The van der Waals surface area contributed by atoms with Crippen LogP contribution in [-0.2, 0) is 0 Å². The molecule has 0 saturated heterocycles. The number of amides is 1. The number of anilines is 3. The van der Waals surface area contributed by atoms with Crippen LogP contribution in [0.25, 0.3) is 10.2 Å². The van der Waals surface area contributed by atoms with E-state index < -0.39 is 24.7 Å². The van der Waals surface area contributed by atoms with Crippen LogP contribution in [0, 0.1) is 0 Å². The Kier molecular flexibility index (Phi) is 6.08. The molecule has 0 unspecified atom stereocenters. The zero-order valence-corrected chi connectivity index (χ0v) is 17.2. The summed E-state index contributed by atoms with van der Waals surface area (Å²) < 4.78 is 1.03. The van der Waals surface area contributed by atoms with Gasteiger partial charge in [0.05, 0.1) is 39.6 Å². The highest BCUT2D eigenvalue weighted by atomic mass is 32.1. The molecular weight excluding hydrogens is 414 g/mol. The second-order valence-electron chi connectivity index (χ2n) is 6.92. The van der Waals surface area contributed by atoms with Gasteiger partial charge in [0.15, 0.2) is 0 Å². The Balaban J connectivity index is 1.66. The molecule has 0 radical (unpaired) electrons. The zero-order valence-electron chi connectivity index (χ0n) is 16.4. The molecule has 2 atom stereocenters. The van der Waals surface area contributed by atoms with Crippen LogP contribution < -0.4 is 16.4 Å². The van der Waals surface area contributed by atoms with Gasteiger partial charge in [-0.15, -0.1) is 11.3 Å². The lowest BCUT2D eigenvalue weighted by Crippen LogP contribution is -2.29. The molecule has 0 aliphatic carbocycles. The number of nitrogens with two attached hydrogens (primary N) is 1. The third-order valence-electron chi connectivity index (χ3n) is 4.81. The Morgan fingerprint density at radius 1 is 1.13 bits per heavy atom. The van der Waals surface area contributed by atoms with Gasteiger partial charge in [-0.3, -0.25) is 4.79 Å². The van der Waals surface area contributed by atoms with E-state index in [1.165, 1.54) is 17.5 Å². The largest absolute Gasteiger partial charge is 0.394 e. The standard InChI is InChI=1S/C22H21N5O3S/c23-22(30)15-10-24-20(26-14-6-7-16-19(8-14)31-12-25-16)9-17(15)27-21(18(29)11-28)13-4-2-1-3-5-13/h1-10,12,18,21,28-29H,11H2,(H2,23,30)(H2,24,26,27)/t18-,21+/m1/s1. The molecule has 1 amide bonds. The number of aliphatic hydroxyl groups is 2. The molecular formula is C22H21N5O3S. The van der Waals surface area contributed by atoms with E-state index in [9.17, 15) is 15.0 Å². The van der Waals surface area contributed by atoms with E-state index in [1.54, 1.807) is 11.6 Å². The van der Waals surface area contributed by atoms with Gasteiger partial charge in [-0.05, 0) is 23.8 Å². The van der Waals surface area contributed by atoms with Crippen LogP contribution in [-0.4, -0.2) is 38.8 Å². The lowest BCUT2D eigenvalue weighted by molar-refractivity contribution is 0.0794. The fourth-order valence-electron chi connectivity index (χ4n) is 3.26. The molecule has 2 aromatic carbocycles. The predicted molar refractivity (Wildman–Crippen MR) is 122 cm³/mol. The first kappa shape index (κ1) is 20.7. The fourth-order valence-corrected chi connectivity index (χ4v) is 3.97. The Morgan fingerprint density at radius 3 is 2.68 bits per heavy atom. The van der Waals surface area contributed by atoms with Crippen LogP contribution in [0.15, 0.2) is 66.3 Å². The van der Waals surface area contributed by atoms with E-state index >= 15 is 0 Å². The molecule has 2 aromatic heterocycles. The van der Waals surface area contributed by atoms with E-state index in [-0.39, 0.29) is 5.56 Å². The van der Waals surface area contributed by atoms with Gasteiger partial charge in [-0.2, -0.15) is 0 Å². The van der Waals surface area contributed by atoms with Crippen molar-refractivity contribution in [3.05, 3.63) is 77.4 Å². The second kappa shape index (κ2) is 9.09. The molecule has 9 heteroatoms. The maximum atomic E-state index is 12.0. The summed E-state index contributed by atoms with van der Waals surface area (Å²) in [5.41, 5.74) is 10.4. The van der Waals surface area contributed by atoms with Crippen LogP contribution in [0.4, 0.5) is 17.2 Å². The minimum atomic E-state index is -1.10. The lowest BCUT2D eigenvalue weighted by Gasteiger charge is -2.25. The van der Waals surface area contributed by atoms with Crippen molar-refractivity contribution in [2.45, 2.75) is 12.1 Å². The highest BCUT2D eigenvalue weighted by molar-refractivity contribution is 7.16. The van der Waals surface area contributed by atoms with E-state index in [1.807, 2.05) is 48.5 Å². The average Bonchev–Trinajstić information content (AvgIpc) is 3.25. The smallest absolute Gasteiger partial charge is 0.252 e. The van der Waals surface area contributed by atoms with Crippen LogP contribution in [0.3, 0.4) is 0 Å². The Hall–Kier alpha value is -3.53. The van der Waals surface area contributed by atoms with Crippen molar-refractivity contribution < 1.29 is 15.0 Å². The van der Waals surface area contributed by atoms with Gasteiger partial charge in [0.2, 0.25) is 0 Å². The molecule has 0 spiro atoms. The molecule has 0 saturated carbocycles. The van der Waals surface area contributed by atoms with E-state index in [2.05, 4.69) is 20.6 Å². The SMILES string of the molecule is NC(=O)c1cnc(Nc2ccc3ncsc3c2)cc1N[C@@H](c1ccccc1)[C@H](O)CO. The topological polar surface area (TPSA) is 133 Å². The van der Waals surface area contributed by atoms with Gasteiger partial charge in [0, 0.05) is 18.0 Å². The number of benzene rings is 2. The number of carbonyl (C=O) groups is 1. The van der Waals surface area contributed by atoms with Crippen molar-refractivity contribution in [2.75, 3.05) is 17.2 Å². The summed E-state index contributed by atoms with van der Waals surface area (Å²) in [5, 5.41) is 26.3. The molecule has 6 N–H and O–H groups in total. The van der Waals surface area contributed by atoms with E-state index in [0.717, 1.165) is 21.5 Å². The maximum absolute atomic E-state index is 12.0. The Labute approximate surface area is 182 Å². The summed E-state index contributed by atoms with van der Waals surface area (Å²) in [6.45, 7) is -0.455. The van der Waals surface area contributed by atoms with Crippen molar-refractivity contribution in [1.29, 1.82) is 0 Å². The van der Waals surface area contributed by atoms with Gasteiger partial charge in [-0.1, -0.05) is 30.3 Å². The van der Waals surface area contributed by atoms with Crippen molar-refractivity contribution in [3.63, 3.8) is 0 Å². The van der Waals surface area contributed by atoms with Gasteiger partial charge in [-0.25, -0.2) is 9.97 Å². The second-order valence-corrected chi connectivity index (χ2v) is 7.81. The van der Waals surface area contributed by atoms with Crippen molar-refractivity contribution in [2.24, 2.45) is 5.73 Å². The first-order valence-corrected chi connectivity index (χ1v) is 10.4. The van der Waals surface area contributed by atoms with Gasteiger partial charge in [0.1, 0.15) is 11.9 Å². The minimum Gasteiger partial charge on any atom is -0.394 e. The molecule has 0 bridgehead atoms. The van der Waals surface area contributed by atoms with Crippen LogP contribution in [0.1, 0.15) is 22.0 Å². The number of hydrogen-bond donors (Lipinski definition) is 5. The third-order valence-corrected chi connectivity index (χ3v) is 5.61. The number of rotatable bonds is 8. The number of nitrogens with zero attached hydrogens (tertiary/aromatic N) is 2. The first-order valence-electron chi connectivity index (χ1n) is 9.55. The number of aliphatic hydroxyl groups excluding tert-OH is 2. The monoisotopic (exact) mass is 435 g/mol. The van der Waals surface area contributed by atoms with Gasteiger partial charge in [0.25, 0.3) is 5.91 Å². The summed E-state index contributed by atoms with van der Waals surface area (Å²) in [6.07, 6.45) is 0.285. The number of nitrogens with one attached hydrogen (secondary N) is 2. The number of pyridine rings is 1. The normalized spacial score (nSPS) is 13.0. The van der Waals surface area contributed by atoms with Crippen LogP contribution >= 0.6 is 11.3 Å². The van der Waals surface area contributed by atoms with Crippen LogP contribution in [0.5, 0.6) is 0 Å². The molecule has 8 nitrogen and oxygen atoms in total. The molecule has 31 heavy (non-hydrogen) atoms. The van der Waals surface area contributed by atoms with Crippen molar-refractivity contribution in [3.8, 4) is 0 Å². The molecule has 0 aliphatic rings. The van der Waals surface area contributed by atoms with Gasteiger partial charge >= 0.3 is 0 Å². The van der Waals surface area contributed by atoms with E-state index in [0.29, 0.717) is 11.5 Å². The number of primary amides is 1. The molecule has 0 fully saturated rings. The Bertz CT molecular complexity index is 1200. The molecule has 158 valence electrons. The number of carbonyl (C=O) groups excluding carboxylic acids is 1.